The maximum atomic E-state index is 11.4. The number of ether oxygens (including phenoxy) is 1. The molecule has 0 radical (unpaired) electrons. The van der Waals surface area contributed by atoms with Crippen molar-refractivity contribution in [3.05, 3.63) is 34.9 Å². The van der Waals surface area contributed by atoms with Gasteiger partial charge in [0.05, 0.1) is 5.54 Å². The number of carbonyl (C=O) groups excluding carboxylic acids is 1. The van der Waals surface area contributed by atoms with E-state index in [0.29, 0.717) is 25.0 Å². The normalized spacial score (nSPS) is 32.7. The molecule has 2 aliphatic carbocycles. The van der Waals surface area contributed by atoms with E-state index in [1.54, 1.807) is 0 Å². The van der Waals surface area contributed by atoms with Crippen molar-refractivity contribution in [3.8, 4) is 0 Å². The van der Waals surface area contributed by atoms with Gasteiger partial charge in [-0.15, -0.1) is 0 Å². The highest BCUT2D eigenvalue weighted by molar-refractivity contribution is 5.70. The van der Waals surface area contributed by atoms with Gasteiger partial charge in [0.2, 0.25) is 0 Å². The first-order valence-electron chi connectivity index (χ1n) is 8.85. The van der Waals surface area contributed by atoms with E-state index in [-0.39, 0.29) is 11.6 Å². The Morgan fingerprint density at radius 3 is 3.00 bits per heavy atom. The summed E-state index contributed by atoms with van der Waals surface area (Å²) in [6.07, 6.45) is 7.21. The van der Waals surface area contributed by atoms with Gasteiger partial charge in [-0.1, -0.05) is 18.2 Å². The topological polar surface area (TPSA) is 58.6 Å². The molecule has 0 aromatic heterocycles. The van der Waals surface area contributed by atoms with Crippen LogP contribution in [0, 0.1) is 5.92 Å². The Balaban J connectivity index is 1.48. The number of aliphatic hydroxyl groups is 1. The molecule has 1 aromatic rings. The van der Waals surface area contributed by atoms with Gasteiger partial charge < -0.3 is 15.2 Å². The molecule has 1 heterocycles. The van der Waals surface area contributed by atoms with E-state index in [1.807, 2.05) is 0 Å². The summed E-state index contributed by atoms with van der Waals surface area (Å²) in [6, 6.07) is 6.97. The van der Waals surface area contributed by atoms with Crippen molar-refractivity contribution in [2.45, 2.75) is 56.4 Å². The molecule has 124 valence electrons. The Bertz CT molecular complexity index is 615. The Hall–Kier alpha value is -1.55. The predicted molar refractivity (Wildman–Crippen MR) is 87.5 cm³/mol. The molecule has 1 saturated carbocycles. The third kappa shape index (κ3) is 2.85. The Morgan fingerprint density at radius 2 is 2.22 bits per heavy atom. The number of nitrogens with one attached hydrogen (secondary N) is 1. The van der Waals surface area contributed by atoms with Crippen LogP contribution in [-0.4, -0.2) is 30.0 Å². The zero-order valence-corrected chi connectivity index (χ0v) is 13.5. The molecule has 4 heteroatoms. The van der Waals surface area contributed by atoms with Crippen molar-refractivity contribution in [2.75, 3.05) is 13.2 Å². The van der Waals surface area contributed by atoms with Gasteiger partial charge in [-0.2, -0.15) is 0 Å². The molecule has 2 fully saturated rings. The zero-order chi connectivity index (χ0) is 15.9. The maximum Gasteiger partial charge on any atom is 0.407 e. The van der Waals surface area contributed by atoms with E-state index in [4.69, 9.17) is 9.84 Å². The first-order valence-corrected chi connectivity index (χ1v) is 8.85. The summed E-state index contributed by atoms with van der Waals surface area (Å²) in [4.78, 5) is 11.4. The number of alkyl carbamates (subject to hydrolysis) is 1. The van der Waals surface area contributed by atoms with Crippen LogP contribution in [0.1, 0.15) is 54.7 Å². The minimum Gasteiger partial charge on any atom is -0.447 e. The van der Waals surface area contributed by atoms with Gasteiger partial charge >= 0.3 is 6.09 Å². The van der Waals surface area contributed by atoms with Crippen LogP contribution in [0.2, 0.25) is 0 Å². The van der Waals surface area contributed by atoms with Gasteiger partial charge in [0.15, 0.2) is 0 Å². The van der Waals surface area contributed by atoms with Crippen LogP contribution >= 0.6 is 0 Å². The Morgan fingerprint density at radius 1 is 1.30 bits per heavy atom. The monoisotopic (exact) mass is 315 g/mol. The lowest BCUT2D eigenvalue weighted by molar-refractivity contribution is 0.172. The van der Waals surface area contributed by atoms with Crippen LogP contribution in [0.25, 0.3) is 0 Å². The van der Waals surface area contributed by atoms with Gasteiger partial charge in [0, 0.05) is 6.61 Å². The third-order valence-corrected chi connectivity index (χ3v) is 6.02. The Kier molecular flexibility index (Phi) is 3.80. The third-order valence-electron chi connectivity index (χ3n) is 6.02. The van der Waals surface area contributed by atoms with E-state index in [0.717, 1.165) is 38.5 Å². The summed E-state index contributed by atoms with van der Waals surface area (Å²) in [5.41, 5.74) is 4.25. The molecule has 1 amide bonds. The fourth-order valence-electron chi connectivity index (χ4n) is 4.68. The standard InChI is InChI=1S/C19H25NO3/c21-8-6-13-1-2-15-10-16(4-3-14(15)9-13)17-5-7-19(11-17)12-23-18(22)20-19/h3-4,10,13,17,21H,1-2,5-9,11-12H2,(H,20,22)/t13?,17-,19+/m0/s1. The lowest BCUT2D eigenvalue weighted by Crippen LogP contribution is -2.40. The SMILES string of the molecule is O=C1N[C@@]2(CC[C@H](c3ccc4c(c3)CCC(CCO)C4)C2)CO1. The van der Waals surface area contributed by atoms with Gasteiger partial charge in [-0.05, 0) is 73.5 Å². The van der Waals surface area contributed by atoms with Crippen LogP contribution in [0.5, 0.6) is 0 Å². The number of fused-ring (bicyclic) bond motifs is 1. The summed E-state index contributed by atoms with van der Waals surface area (Å²) < 4.78 is 5.13. The van der Waals surface area contributed by atoms with Crippen molar-refractivity contribution in [3.63, 3.8) is 0 Å². The smallest absolute Gasteiger partial charge is 0.407 e. The molecule has 23 heavy (non-hydrogen) atoms. The van der Waals surface area contributed by atoms with Gasteiger partial charge in [0.1, 0.15) is 6.61 Å². The lowest BCUT2D eigenvalue weighted by Gasteiger charge is -2.25. The van der Waals surface area contributed by atoms with Crippen molar-refractivity contribution >= 4 is 6.09 Å². The van der Waals surface area contributed by atoms with E-state index >= 15 is 0 Å². The molecule has 4 nitrogen and oxygen atoms in total. The van der Waals surface area contributed by atoms with Crippen molar-refractivity contribution in [1.29, 1.82) is 0 Å². The number of carbonyl (C=O) groups is 1. The van der Waals surface area contributed by atoms with Crippen LogP contribution < -0.4 is 5.32 Å². The van der Waals surface area contributed by atoms with E-state index < -0.39 is 0 Å². The number of benzene rings is 1. The fraction of sp³-hybridized carbons (Fsp3) is 0.632. The molecule has 3 atom stereocenters. The zero-order valence-electron chi connectivity index (χ0n) is 13.5. The summed E-state index contributed by atoms with van der Waals surface area (Å²) in [5, 5.41) is 12.2. The number of amides is 1. The fourth-order valence-corrected chi connectivity index (χ4v) is 4.68. The summed E-state index contributed by atoms with van der Waals surface area (Å²) in [5.74, 6) is 1.16. The molecule has 2 N–H and O–H groups in total. The second-order valence-electron chi connectivity index (χ2n) is 7.57. The minimum absolute atomic E-state index is 0.121. The number of aryl methyl sites for hydroxylation is 1. The van der Waals surface area contributed by atoms with Crippen LogP contribution in [0.3, 0.4) is 0 Å². The summed E-state index contributed by atoms with van der Waals surface area (Å²) in [6.45, 7) is 0.826. The number of aliphatic hydroxyl groups excluding tert-OH is 1. The second kappa shape index (κ2) is 5.82. The second-order valence-corrected chi connectivity index (χ2v) is 7.57. The highest BCUT2D eigenvalue weighted by Gasteiger charge is 2.46. The number of rotatable bonds is 3. The predicted octanol–water partition coefficient (Wildman–Crippen LogP) is 2.92. The van der Waals surface area contributed by atoms with E-state index in [9.17, 15) is 4.79 Å². The van der Waals surface area contributed by atoms with E-state index in [1.165, 1.54) is 23.1 Å². The van der Waals surface area contributed by atoms with Crippen LogP contribution in [-0.2, 0) is 17.6 Å². The molecule has 3 aliphatic rings. The molecule has 0 bridgehead atoms. The van der Waals surface area contributed by atoms with Crippen molar-refractivity contribution < 1.29 is 14.6 Å². The first kappa shape index (κ1) is 15.0. The van der Waals surface area contributed by atoms with Crippen LogP contribution in [0.4, 0.5) is 4.79 Å². The molecule has 1 aromatic carbocycles. The largest absolute Gasteiger partial charge is 0.447 e. The molecule has 1 unspecified atom stereocenters. The number of hydrogen-bond acceptors (Lipinski definition) is 3. The summed E-state index contributed by atoms with van der Waals surface area (Å²) in [7, 11) is 0. The van der Waals surface area contributed by atoms with Crippen LogP contribution in [0.15, 0.2) is 18.2 Å². The van der Waals surface area contributed by atoms with Gasteiger partial charge in [0.25, 0.3) is 0 Å². The Labute approximate surface area is 137 Å². The lowest BCUT2D eigenvalue weighted by atomic mass is 9.80. The molecular weight excluding hydrogens is 290 g/mol. The highest BCUT2D eigenvalue weighted by Crippen LogP contribution is 2.43. The number of cyclic esters (lactones) is 1. The molecule has 1 saturated heterocycles. The number of hydrogen-bond donors (Lipinski definition) is 2. The quantitative estimate of drug-likeness (QED) is 0.901. The minimum atomic E-state index is -0.258. The average molecular weight is 315 g/mol. The molecular formula is C19H25NO3. The van der Waals surface area contributed by atoms with Gasteiger partial charge in [-0.25, -0.2) is 4.79 Å². The molecule has 1 aliphatic heterocycles. The van der Waals surface area contributed by atoms with Crippen molar-refractivity contribution in [1.82, 2.24) is 5.32 Å². The highest BCUT2D eigenvalue weighted by atomic mass is 16.6. The average Bonchev–Trinajstić information content (AvgIpc) is 3.14. The van der Waals surface area contributed by atoms with Gasteiger partial charge in [-0.3, -0.25) is 0 Å². The van der Waals surface area contributed by atoms with Crippen molar-refractivity contribution in [2.24, 2.45) is 5.92 Å². The first-order chi connectivity index (χ1) is 11.2. The molecule has 4 rings (SSSR count). The summed E-state index contributed by atoms with van der Waals surface area (Å²) >= 11 is 0. The molecule has 1 spiro atoms. The maximum absolute atomic E-state index is 11.4. The van der Waals surface area contributed by atoms with E-state index in [2.05, 4.69) is 23.5 Å².